The van der Waals surface area contributed by atoms with Crippen LogP contribution in [0.2, 0.25) is 0 Å². The molecule has 0 aromatic rings. The fourth-order valence-electron chi connectivity index (χ4n) is 1.79. The summed E-state index contributed by atoms with van der Waals surface area (Å²) in [7, 11) is 0. The Morgan fingerprint density at radius 1 is 1.29 bits per heavy atom. The van der Waals surface area contributed by atoms with E-state index in [1.54, 1.807) is 13.8 Å². The van der Waals surface area contributed by atoms with Gasteiger partial charge >= 0.3 is 18.2 Å². The number of esters is 1. The average molecular weight is 311 g/mol. The maximum absolute atomic E-state index is 12.1. The lowest BCUT2D eigenvalue weighted by Gasteiger charge is -2.34. The topological polar surface area (TPSA) is 55.8 Å². The van der Waals surface area contributed by atoms with Gasteiger partial charge in [0.05, 0.1) is 6.54 Å². The summed E-state index contributed by atoms with van der Waals surface area (Å²) in [5.74, 6) is -2.23. The van der Waals surface area contributed by atoms with Gasteiger partial charge < -0.3 is 14.4 Å². The van der Waals surface area contributed by atoms with E-state index in [1.807, 2.05) is 6.92 Å². The summed E-state index contributed by atoms with van der Waals surface area (Å²) in [4.78, 5) is 24.0. The quantitative estimate of drug-likeness (QED) is 0.752. The molecule has 1 rings (SSSR count). The van der Waals surface area contributed by atoms with Gasteiger partial charge in [-0.1, -0.05) is 6.92 Å². The minimum absolute atomic E-state index is 0.0829. The lowest BCUT2D eigenvalue weighted by molar-refractivity contribution is -0.206. The number of hydrogen-bond donors (Lipinski definition) is 0. The summed E-state index contributed by atoms with van der Waals surface area (Å²) < 4.78 is 46.1. The van der Waals surface area contributed by atoms with Gasteiger partial charge in [-0.05, 0) is 33.1 Å². The van der Waals surface area contributed by atoms with Crippen molar-refractivity contribution in [1.29, 1.82) is 0 Å². The van der Waals surface area contributed by atoms with Gasteiger partial charge in [0.15, 0.2) is 0 Å². The Morgan fingerprint density at radius 3 is 2.43 bits per heavy atom. The Kier molecular flexibility index (Phi) is 5.47. The number of alkyl halides is 3. The molecule has 0 radical (unpaired) electrons. The summed E-state index contributed by atoms with van der Waals surface area (Å²) in [6, 6.07) is 0. The van der Waals surface area contributed by atoms with Crippen LogP contribution in [0.25, 0.3) is 0 Å². The molecule has 0 spiro atoms. The molecule has 1 aliphatic heterocycles. The molecule has 1 unspecified atom stereocenters. The highest BCUT2D eigenvalue weighted by Gasteiger charge is 2.43. The molecule has 1 fully saturated rings. The Labute approximate surface area is 121 Å². The van der Waals surface area contributed by atoms with Crippen LogP contribution in [0, 0.1) is 0 Å². The Balaban J connectivity index is 2.56. The Morgan fingerprint density at radius 2 is 1.90 bits per heavy atom. The largest absolute Gasteiger partial charge is 0.490 e. The number of halogens is 3. The van der Waals surface area contributed by atoms with E-state index >= 15 is 0 Å². The molecule has 0 bridgehead atoms. The zero-order valence-electron chi connectivity index (χ0n) is 12.3. The van der Waals surface area contributed by atoms with Crippen molar-refractivity contribution in [3.8, 4) is 0 Å². The molecule has 0 aliphatic carbocycles. The molecule has 1 saturated heterocycles. The van der Waals surface area contributed by atoms with Gasteiger partial charge in [0.25, 0.3) is 0 Å². The third kappa shape index (κ3) is 5.43. The number of piperidine rings is 1. The van der Waals surface area contributed by atoms with Crippen molar-refractivity contribution in [2.75, 3.05) is 13.1 Å². The van der Waals surface area contributed by atoms with E-state index < -0.39 is 29.9 Å². The van der Waals surface area contributed by atoms with Gasteiger partial charge in [-0.25, -0.2) is 9.59 Å². The van der Waals surface area contributed by atoms with Gasteiger partial charge in [-0.15, -0.1) is 0 Å². The predicted molar refractivity (Wildman–Crippen MR) is 67.6 cm³/mol. The SMILES string of the molecule is CCC(C)(C)OC(=O)N1CCCC(OC(=O)C(F)(F)F)C1. The summed E-state index contributed by atoms with van der Waals surface area (Å²) in [5.41, 5.74) is -0.646. The first kappa shape index (κ1) is 17.6. The first-order valence-electron chi connectivity index (χ1n) is 6.81. The summed E-state index contributed by atoms with van der Waals surface area (Å²) in [6.07, 6.45) is -5.22. The number of ether oxygens (including phenoxy) is 2. The zero-order chi connectivity index (χ0) is 16.3. The van der Waals surface area contributed by atoms with Crippen LogP contribution >= 0.6 is 0 Å². The lowest BCUT2D eigenvalue weighted by atomic mass is 10.1. The molecule has 8 heteroatoms. The second kappa shape index (κ2) is 6.53. The van der Waals surface area contributed by atoms with Crippen molar-refractivity contribution < 1.29 is 32.2 Å². The summed E-state index contributed by atoms with van der Waals surface area (Å²) in [6.45, 7) is 5.64. The van der Waals surface area contributed by atoms with Crippen molar-refractivity contribution in [3.05, 3.63) is 0 Å². The number of carbonyl (C=O) groups is 2. The van der Waals surface area contributed by atoms with E-state index in [1.165, 1.54) is 4.90 Å². The van der Waals surface area contributed by atoms with Gasteiger partial charge in [0.1, 0.15) is 11.7 Å². The molecule has 0 N–H and O–H groups in total. The lowest BCUT2D eigenvalue weighted by Crippen LogP contribution is -2.47. The molecule has 5 nitrogen and oxygen atoms in total. The predicted octanol–water partition coefficient (Wildman–Crippen LogP) is 2.88. The third-order valence-corrected chi connectivity index (χ3v) is 3.36. The molecule has 1 heterocycles. The highest BCUT2D eigenvalue weighted by Crippen LogP contribution is 2.22. The number of rotatable bonds is 3. The van der Waals surface area contributed by atoms with Crippen molar-refractivity contribution in [3.63, 3.8) is 0 Å². The normalized spacial score (nSPS) is 20.1. The van der Waals surface area contributed by atoms with Crippen LogP contribution in [-0.2, 0) is 14.3 Å². The molecule has 1 aliphatic rings. The first-order chi connectivity index (χ1) is 9.55. The molecular formula is C13H20F3NO4. The molecular weight excluding hydrogens is 291 g/mol. The van der Waals surface area contributed by atoms with Crippen LogP contribution in [0.3, 0.4) is 0 Å². The number of nitrogens with zero attached hydrogens (tertiary/aromatic N) is 1. The zero-order valence-corrected chi connectivity index (χ0v) is 12.3. The van der Waals surface area contributed by atoms with Gasteiger partial charge in [-0.2, -0.15) is 13.2 Å². The van der Waals surface area contributed by atoms with Gasteiger partial charge in [0, 0.05) is 6.54 Å². The minimum Gasteiger partial charge on any atom is -0.454 e. The van der Waals surface area contributed by atoms with E-state index in [0.717, 1.165) is 0 Å². The Hall–Kier alpha value is -1.47. The summed E-state index contributed by atoms with van der Waals surface area (Å²) in [5, 5.41) is 0. The van der Waals surface area contributed by atoms with Gasteiger partial charge in [0.2, 0.25) is 0 Å². The van der Waals surface area contributed by atoms with Gasteiger partial charge in [-0.3, -0.25) is 0 Å². The molecule has 122 valence electrons. The maximum Gasteiger partial charge on any atom is 0.490 e. The second-order valence-electron chi connectivity index (χ2n) is 5.59. The van der Waals surface area contributed by atoms with Crippen molar-refractivity contribution in [2.24, 2.45) is 0 Å². The monoisotopic (exact) mass is 311 g/mol. The fourth-order valence-corrected chi connectivity index (χ4v) is 1.79. The van der Waals surface area contributed by atoms with E-state index in [2.05, 4.69) is 4.74 Å². The molecule has 1 atom stereocenters. The van der Waals surface area contributed by atoms with Crippen LogP contribution in [0.5, 0.6) is 0 Å². The standard InChI is InChI=1S/C13H20F3NO4/c1-4-12(2,3)21-11(19)17-7-5-6-9(8-17)20-10(18)13(14,15)16/h9H,4-8H2,1-3H3. The van der Waals surface area contributed by atoms with Crippen LogP contribution in [-0.4, -0.2) is 47.9 Å². The van der Waals surface area contributed by atoms with Crippen molar-refractivity contribution >= 4 is 12.1 Å². The van der Waals surface area contributed by atoms with Crippen molar-refractivity contribution in [1.82, 2.24) is 4.90 Å². The average Bonchev–Trinajstić information content (AvgIpc) is 2.37. The first-order valence-corrected chi connectivity index (χ1v) is 6.81. The van der Waals surface area contributed by atoms with E-state index in [-0.39, 0.29) is 6.54 Å². The third-order valence-electron chi connectivity index (χ3n) is 3.36. The maximum atomic E-state index is 12.1. The molecule has 0 aromatic heterocycles. The van der Waals surface area contributed by atoms with E-state index in [4.69, 9.17) is 4.74 Å². The number of hydrogen-bond acceptors (Lipinski definition) is 4. The number of amides is 1. The highest BCUT2D eigenvalue weighted by molar-refractivity contribution is 5.76. The van der Waals surface area contributed by atoms with E-state index in [0.29, 0.717) is 25.8 Å². The Bertz CT molecular complexity index is 395. The van der Waals surface area contributed by atoms with Crippen LogP contribution in [0.1, 0.15) is 40.0 Å². The van der Waals surface area contributed by atoms with Crippen molar-refractivity contribution in [2.45, 2.75) is 57.9 Å². The second-order valence-corrected chi connectivity index (χ2v) is 5.59. The number of carbonyl (C=O) groups excluding carboxylic acids is 2. The fraction of sp³-hybridized carbons (Fsp3) is 0.846. The summed E-state index contributed by atoms with van der Waals surface area (Å²) >= 11 is 0. The molecule has 0 saturated carbocycles. The smallest absolute Gasteiger partial charge is 0.454 e. The molecule has 21 heavy (non-hydrogen) atoms. The minimum atomic E-state index is -5.02. The number of likely N-dealkylation sites (tertiary alicyclic amines) is 1. The van der Waals surface area contributed by atoms with Crippen LogP contribution in [0.15, 0.2) is 0 Å². The highest BCUT2D eigenvalue weighted by atomic mass is 19.4. The van der Waals surface area contributed by atoms with Crippen LogP contribution < -0.4 is 0 Å². The van der Waals surface area contributed by atoms with E-state index in [9.17, 15) is 22.8 Å². The van der Waals surface area contributed by atoms with Crippen LogP contribution in [0.4, 0.5) is 18.0 Å². The molecule has 0 aromatic carbocycles. The molecule has 1 amide bonds.